The lowest BCUT2D eigenvalue weighted by Gasteiger charge is -2.48. The third-order valence-corrected chi connectivity index (χ3v) is 7.60. The molecular formula is C19H17N5O3S. The minimum absolute atomic E-state index is 0.0284. The minimum Gasteiger partial charge on any atom is -0.346 e. The van der Waals surface area contributed by atoms with Crippen molar-refractivity contribution in [3.05, 3.63) is 41.1 Å². The van der Waals surface area contributed by atoms with Crippen LogP contribution in [-0.2, 0) is 15.6 Å². The number of hydrogen-bond donors (Lipinski definition) is 1. The normalized spacial score (nSPS) is 17.3. The molecule has 4 aromatic rings. The first-order valence-corrected chi connectivity index (χ1v) is 10.6. The molecule has 0 spiro atoms. The summed E-state index contributed by atoms with van der Waals surface area (Å²) in [6.07, 6.45) is 7.16. The Morgan fingerprint density at radius 3 is 2.71 bits per heavy atom. The van der Waals surface area contributed by atoms with Crippen LogP contribution >= 0.6 is 0 Å². The van der Waals surface area contributed by atoms with E-state index in [0.29, 0.717) is 16.4 Å². The molecule has 0 amide bonds. The van der Waals surface area contributed by atoms with Gasteiger partial charge in [-0.05, 0) is 18.4 Å². The lowest BCUT2D eigenvalue weighted by molar-refractivity contribution is 0.0854. The van der Waals surface area contributed by atoms with E-state index < -0.39 is 15.6 Å². The van der Waals surface area contributed by atoms with Gasteiger partial charge in [-0.1, -0.05) is 0 Å². The van der Waals surface area contributed by atoms with Crippen LogP contribution in [0.5, 0.6) is 0 Å². The zero-order valence-corrected chi connectivity index (χ0v) is 16.0. The van der Waals surface area contributed by atoms with Gasteiger partial charge in [0.1, 0.15) is 5.65 Å². The Bertz CT molecular complexity index is 1440. The van der Waals surface area contributed by atoms with Crippen molar-refractivity contribution in [3.8, 4) is 6.07 Å². The van der Waals surface area contributed by atoms with Crippen LogP contribution in [0.25, 0.3) is 32.6 Å². The quantitative estimate of drug-likeness (QED) is 0.566. The maximum Gasteiger partial charge on any atom is 0.213 e. The molecule has 1 saturated heterocycles. The highest BCUT2D eigenvalue weighted by molar-refractivity contribution is 7.89. The Kier molecular flexibility index (Phi) is 3.39. The summed E-state index contributed by atoms with van der Waals surface area (Å²) in [5.74, 6) is 0.0284. The number of hydrogen-bond acceptors (Lipinski definition) is 5. The van der Waals surface area contributed by atoms with Crippen LogP contribution in [0.4, 0.5) is 0 Å². The Morgan fingerprint density at radius 2 is 2.00 bits per heavy atom. The van der Waals surface area contributed by atoms with E-state index in [1.165, 1.54) is 4.31 Å². The number of aromatic nitrogens is 3. The number of benzene rings is 1. The first-order chi connectivity index (χ1) is 13.4. The van der Waals surface area contributed by atoms with Gasteiger partial charge in [-0.2, -0.15) is 9.57 Å². The number of nitriles is 1. The van der Waals surface area contributed by atoms with Gasteiger partial charge in [0.2, 0.25) is 10.0 Å². The second-order valence-corrected chi connectivity index (χ2v) is 9.59. The van der Waals surface area contributed by atoms with E-state index in [4.69, 9.17) is 0 Å². The van der Waals surface area contributed by atoms with Crippen molar-refractivity contribution in [1.29, 1.82) is 5.26 Å². The van der Waals surface area contributed by atoms with E-state index in [2.05, 4.69) is 16.0 Å². The van der Waals surface area contributed by atoms with Gasteiger partial charge in [0.05, 0.1) is 29.2 Å². The predicted molar refractivity (Wildman–Crippen MR) is 106 cm³/mol. The Morgan fingerprint density at radius 1 is 1.25 bits per heavy atom. The lowest BCUT2D eigenvalue weighted by Crippen LogP contribution is -2.63. The van der Waals surface area contributed by atoms with Crippen LogP contribution in [0.3, 0.4) is 0 Å². The molecule has 5 rings (SSSR count). The molecule has 0 atom stereocenters. The summed E-state index contributed by atoms with van der Waals surface area (Å²) in [7, 11) is -3.31. The fourth-order valence-corrected chi connectivity index (χ4v) is 5.46. The predicted octanol–water partition coefficient (Wildman–Crippen LogP) is 1.74. The smallest absolute Gasteiger partial charge is 0.213 e. The number of pyridine rings is 1. The van der Waals surface area contributed by atoms with E-state index >= 15 is 0 Å². The van der Waals surface area contributed by atoms with Crippen LogP contribution < -0.4 is 5.43 Å². The summed E-state index contributed by atoms with van der Waals surface area (Å²) < 4.78 is 27.6. The van der Waals surface area contributed by atoms with Gasteiger partial charge in [-0.3, -0.25) is 4.79 Å². The van der Waals surface area contributed by atoms with Crippen LogP contribution in [0, 0.1) is 11.3 Å². The summed E-state index contributed by atoms with van der Waals surface area (Å²) in [6.45, 7) is 2.07. The number of nitrogens with zero attached hydrogens (tertiary/aromatic N) is 4. The summed E-state index contributed by atoms with van der Waals surface area (Å²) in [6, 6.07) is 4.09. The molecule has 3 aromatic heterocycles. The second kappa shape index (κ2) is 5.53. The molecule has 28 heavy (non-hydrogen) atoms. The fraction of sp³-hybridized carbons (Fsp3) is 0.316. The Labute approximate surface area is 160 Å². The number of sulfonamides is 1. The zero-order valence-electron chi connectivity index (χ0n) is 15.1. The van der Waals surface area contributed by atoms with Gasteiger partial charge in [-0.25, -0.2) is 13.4 Å². The van der Waals surface area contributed by atoms with Crippen LogP contribution in [0.15, 0.2) is 35.6 Å². The van der Waals surface area contributed by atoms with Crippen molar-refractivity contribution >= 4 is 42.6 Å². The standard InChI is InChI=1S/C19H17N5O3S/c1-2-28(26,27)24-10-19(11-24,4-5-20)23-8-14-12-3-6-21-18-16(12)13(7-22-18)17(25)15(14)9-23/h3,6-9H,2,4,10-11H2,1H3,(H,21,22). The highest BCUT2D eigenvalue weighted by atomic mass is 32.2. The molecule has 0 saturated carbocycles. The number of fused-ring (bicyclic) bond motifs is 2. The van der Waals surface area contributed by atoms with Crippen molar-refractivity contribution in [3.63, 3.8) is 0 Å². The van der Waals surface area contributed by atoms with Crippen LogP contribution in [0.1, 0.15) is 13.3 Å². The summed E-state index contributed by atoms with van der Waals surface area (Å²) in [5.41, 5.74) is -0.0979. The van der Waals surface area contributed by atoms with Gasteiger partial charge in [0.15, 0.2) is 5.43 Å². The maximum absolute atomic E-state index is 13.0. The third kappa shape index (κ3) is 2.10. The molecular weight excluding hydrogens is 378 g/mol. The molecule has 0 bridgehead atoms. The number of H-pyrrole nitrogens is 1. The van der Waals surface area contributed by atoms with Crippen molar-refractivity contribution in [2.75, 3.05) is 18.8 Å². The number of rotatable bonds is 4. The van der Waals surface area contributed by atoms with Crippen molar-refractivity contribution < 1.29 is 8.42 Å². The second-order valence-electron chi connectivity index (χ2n) is 7.34. The third-order valence-electron chi connectivity index (χ3n) is 5.83. The van der Waals surface area contributed by atoms with E-state index in [1.807, 2.05) is 16.8 Å². The average Bonchev–Trinajstić information content (AvgIpc) is 3.28. The molecule has 0 unspecified atom stereocenters. The fourth-order valence-electron chi connectivity index (χ4n) is 4.22. The summed E-state index contributed by atoms with van der Waals surface area (Å²) >= 11 is 0. The Balaban J connectivity index is 1.71. The molecule has 0 radical (unpaired) electrons. The molecule has 1 fully saturated rings. The first kappa shape index (κ1) is 17.2. The van der Waals surface area contributed by atoms with Gasteiger partial charge in [-0.15, -0.1) is 0 Å². The van der Waals surface area contributed by atoms with Crippen LogP contribution in [0.2, 0.25) is 0 Å². The van der Waals surface area contributed by atoms with Gasteiger partial charge < -0.3 is 9.55 Å². The molecule has 9 heteroatoms. The Hall–Kier alpha value is -2.96. The van der Waals surface area contributed by atoms with Crippen molar-refractivity contribution in [2.24, 2.45) is 0 Å². The molecule has 142 valence electrons. The first-order valence-electron chi connectivity index (χ1n) is 8.98. The van der Waals surface area contributed by atoms with Gasteiger partial charge in [0, 0.05) is 54.0 Å². The summed E-state index contributed by atoms with van der Waals surface area (Å²) in [4.78, 5) is 20.3. The highest BCUT2D eigenvalue weighted by Crippen LogP contribution is 2.38. The zero-order chi connectivity index (χ0) is 19.7. The minimum atomic E-state index is -3.31. The maximum atomic E-state index is 13.0. The molecule has 1 aliphatic heterocycles. The van der Waals surface area contributed by atoms with E-state index in [9.17, 15) is 18.5 Å². The highest BCUT2D eigenvalue weighted by Gasteiger charge is 2.48. The van der Waals surface area contributed by atoms with Crippen LogP contribution in [-0.4, -0.2) is 46.1 Å². The number of aromatic amines is 1. The molecule has 4 heterocycles. The van der Waals surface area contributed by atoms with Crippen molar-refractivity contribution in [1.82, 2.24) is 18.8 Å². The van der Waals surface area contributed by atoms with Gasteiger partial charge in [0.25, 0.3) is 0 Å². The SMILES string of the molecule is CCS(=O)(=O)N1CC(CC#N)(n2cc3c(=O)c4cnc5[nH]ccc(c3c2)c54)C1. The van der Waals surface area contributed by atoms with E-state index in [-0.39, 0.29) is 30.7 Å². The van der Waals surface area contributed by atoms with Crippen molar-refractivity contribution in [2.45, 2.75) is 18.9 Å². The topological polar surface area (TPSA) is 112 Å². The molecule has 1 N–H and O–H groups in total. The lowest BCUT2D eigenvalue weighted by atomic mass is 9.89. The van der Waals surface area contributed by atoms with E-state index in [0.717, 1.165) is 16.2 Å². The average molecular weight is 395 g/mol. The molecule has 8 nitrogen and oxygen atoms in total. The molecule has 0 aliphatic carbocycles. The molecule has 1 aliphatic rings. The monoisotopic (exact) mass is 395 g/mol. The largest absolute Gasteiger partial charge is 0.346 e. The summed E-state index contributed by atoms with van der Waals surface area (Å²) in [5, 5.41) is 13.0. The van der Waals surface area contributed by atoms with E-state index in [1.54, 1.807) is 25.5 Å². The van der Waals surface area contributed by atoms with Gasteiger partial charge >= 0.3 is 0 Å². The number of nitrogens with one attached hydrogen (secondary N) is 1. The molecule has 1 aromatic carbocycles.